The van der Waals surface area contributed by atoms with Gasteiger partial charge in [-0.15, -0.1) is 11.3 Å². The molecule has 7 nitrogen and oxygen atoms in total. The van der Waals surface area contributed by atoms with Gasteiger partial charge in [-0.2, -0.15) is 4.31 Å². The maximum absolute atomic E-state index is 12.8. The van der Waals surface area contributed by atoms with Crippen molar-refractivity contribution < 1.29 is 22.7 Å². The van der Waals surface area contributed by atoms with Crippen molar-refractivity contribution in [2.24, 2.45) is 0 Å². The van der Waals surface area contributed by atoms with Crippen molar-refractivity contribution in [1.29, 1.82) is 0 Å². The van der Waals surface area contributed by atoms with E-state index in [-0.39, 0.29) is 28.8 Å². The average Bonchev–Trinajstić information content (AvgIpc) is 3.18. The Bertz CT molecular complexity index is 960. The van der Waals surface area contributed by atoms with Crippen LogP contribution in [0.1, 0.15) is 26.3 Å². The summed E-state index contributed by atoms with van der Waals surface area (Å²) in [5, 5.41) is 1.47. The maximum Gasteiger partial charge on any atom is 0.338 e. The van der Waals surface area contributed by atoms with Crippen molar-refractivity contribution in [2.45, 2.75) is 11.1 Å². The first kappa shape index (κ1) is 19.5. The molecule has 2 heterocycles. The van der Waals surface area contributed by atoms with Crippen LogP contribution < -0.4 is 0 Å². The molecule has 144 valence electrons. The number of ether oxygens (including phenoxy) is 1. The van der Waals surface area contributed by atoms with Gasteiger partial charge in [-0.05, 0) is 24.6 Å². The Morgan fingerprint density at radius 1 is 1.11 bits per heavy atom. The number of carbonyl (C=O) groups excluding carboxylic acids is 2. The lowest BCUT2D eigenvalue weighted by Gasteiger charge is -2.34. The molecule has 1 aliphatic heterocycles. The standard InChI is InChI=1S/C18H20N2O5S2/c1-13-5-3-4-6-15(13)17(21)19-7-9-20(10-8-19)27(23,24)16-11-14(12-26-16)18(22)25-2/h3-6,11-12H,7-10H2,1-2H3. The smallest absolute Gasteiger partial charge is 0.338 e. The van der Waals surface area contributed by atoms with Crippen LogP contribution in [0.3, 0.4) is 0 Å². The molecule has 1 aromatic carbocycles. The van der Waals surface area contributed by atoms with E-state index in [1.54, 1.807) is 11.0 Å². The van der Waals surface area contributed by atoms with Crippen molar-refractivity contribution in [3.8, 4) is 0 Å². The molecule has 1 fully saturated rings. The summed E-state index contributed by atoms with van der Waals surface area (Å²) in [5.74, 6) is -0.657. The first-order valence-corrected chi connectivity index (χ1v) is 10.7. The number of hydrogen-bond acceptors (Lipinski definition) is 6. The quantitative estimate of drug-likeness (QED) is 0.723. The number of esters is 1. The second-order valence-electron chi connectivity index (χ2n) is 6.16. The molecule has 0 atom stereocenters. The zero-order valence-electron chi connectivity index (χ0n) is 15.0. The molecular formula is C18H20N2O5S2. The minimum Gasteiger partial charge on any atom is -0.465 e. The third kappa shape index (κ3) is 3.90. The van der Waals surface area contributed by atoms with Gasteiger partial charge in [-0.1, -0.05) is 18.2 Å². The number of piperazine rings is 1. The molecule has 2 aromatic rings. The average molecular weight is 409 g/mol. The fourth-order valence-electron chi connectivity index (χ4n) is 2.92. The van der Waals surface area contributed by atoms with Gasteiger partial charge in [0.1, 0.15) is 4.21 Å². The van der Waals surface area contributed by atoms with E-state index in [0.717, 1.165) is 16.9 Å². The predicted molar refractivity (Wildman–Crippen MR) is 101 cm³/mol. The van der Waals surface area contributed by atoms with Crippen LogP contribution in [0.15, 0.2) is 39.9 Å². The lowest BCUT2D eigenvalue weighted by molar-refractivity contribution is 0.0600. The Kier molecular flexibility index (Phi) is 5.64. The van der Waals surface area contributed by atoms with Crippen LogP contribution in [0.5, 0.6) is 0 Å². The number of aryl methyl sites for hydroxylation is 1. The third-order valence-electron chi connectivity index (χ3n) is 4.49. The van der Waals surface area contributed by atoms with E-state index in [0.29, 0.717) is 18.7 Å². The highest BCUT2D eigenvalue weighted by atomic mass is 32.2. The highest BCUT2D eigenvalue weighted by molar-refractivity contribution is 7.91. The highest BCUT2D eigenvalue weighted by Crippen LogP contribution is 2.25. The van der Waals surface area contributed by atoms with Gasteiger partial charge in [-0.3, -0.25) is 4.79 Å². The minimum atomic E-state index is -3.70. The molecule has 9 heteroatoms. The van der Waals surface area contributed by atoms with Crippen molar-refractivity contribution >= 4 is 33.2 Å². The fourth-order valence-corrected chi connectivity index (χ4v) is 5.64. The van der Waals surface area contributed by atoms with Crippen molar-refractivity contribution in [1.82, 2.24) is 9.21 Å². The molecule has 1 saturated heterocycles. The molecule has 0 aliphatic carbocycles. The van der Waals surface area contributed by atoms with Gasteiger partial charge in [0.2, 0.25) is 0 Å². The summed E-state index contributed by atoms with van der Waals surface area (Å²) in [7, 11) is -2.45. The van der Waals surface area contributed by atoms with Crippen LogP contribution in [-0.2, 0) is 14.8 Å². The van der Waals surface area contributed by atoms with Gasteiger partial charge in [0.15, 0.2) is 0 Å². The van der Waals surface area contributed by atoms with Crippen LogP contribution in [0.25, 0.3) is 0 Å². The van der Waals surface area contributed by atoms with Crippen LogP contribution >= 0.6 is 11.3 Å². The van der Waals surface area contributed by atoms with E-state index in [9.17, 15) is 18.0 Å². The Hall–Kier alpha value is -2.23. The minimum absolute atomic E-state index is 0.0887. The molecule has 0 N–H and O–H groups in total. The fraction of sp³-hybridized carbons (Fsp3) is 0.333. The summed E-state index contributed by atoms with van der Waals surface area (Å²) >= 11 is 0.989. The van der Waals surface area contributed by atoms with Crippen molar-refractivity contribution in [3.63, 3.8) is 0 Å². The number of thiophene rings is 1. The zero-order chi connectivity index (χ0) is 19.6. The van der Waals surface area contributed by atoms with Crippen LogP contribution in [-0.4, -0.2) is 62.8 Å². The molecule has 0 unspecified atom stereocenters. The monoisotopic (exact) mass is 408 g/mol. The summed E-state index contributed by atoms with van der Waals surface area (Å²) < 4.78 is 31.6. The van der Waals surface area contributed by atoms with Crippen LogP contribution in [0.4, 0.5) is 0 Å². The van der Waals surface area contributed by atoms with E-state index in [2.05, 4.69) is 4.74 Å². The SMILES string of the molecule is COC(=O)c1csc(S(=O)(=O)N2CCN(C(=O)c3ccccc3C)CC2)c1. The molecule has 27 heavy (non-hydrogen) atoms. The normalized spacial score (nSPS) is 15.6. The number of nitrogens with zero attached hydrogens (tertiary/aromatic N) is 2. The number of hydrogen-bond donors (Lipinski definition) is 0. The first-order chi connectivity index (χ1) is 12.8. The summed E-state index contributed by atoms with van der Waals surface area (Å²) in [4.78, 5) is 25.9. The van der Waals surface area contributed by atoms with Crippen molar-refractivity contribution in [3.05, 3.63) is 52.4 Å². The molecule has 1 aliphatic rings. The van der Waals surface area contributed by atoms with Gasteiger partial charge in [0, 0.05) is 37.1 Å². The van der Waals surface area contributed by atoms with E-state index in [1.807, 2.05) is 25.1 Å². The maximum atomic E-state index is 12.8. The second-order valence-corrected chi connectivity index (χ2v) is 9.23. The van der Waals surface area contributed by atoms with Crippen LogP contribution in [0, 0.1) is 6.92 Å². The lowest BCUT2D eigenvalue weighted by Crippen LogP contribution is -2.50. The summed E-state index contributed by atoms with van der Waals surface area (Å²) in [5.41, 5.74) is 1.75. The van der Waals surface area contributed by atoms with E-state index in [1.165, 1.54) is 22.9 Å². The second kappa shape index (κ2) is 7.79. The Morgan fingerprint density at radius 2 is 1.78 bits per heavy atom. The highest BCUT2D eigenvalue weighted by Gasteiger charge is 2.32. The summed E-state index contributed by atoms with van der Waals surface area (Å²) in [6, 6.07) is 8.68. The number of benzene rings is 1. The molecule has 0 spiro atoms. The van der Waals surface area contributed by atoms with Crippen LogP contribution in [0.2, 0.25) is 0 Å². The van der Waals surface area contributed by atoms with E-state index >= 15 is 0 Å². The van der Waals surface area contributed by atoms with E-state index < -0.39 is 16.0 Å². The third-order valence-corrected chi connectivity index (χ3v) is 7.81. The number of sulfonamides is 1. The first-order valence-electron chi connectivity index (χ1n) is 8.36. The van der Waals surface area contributed by atoms with Gasteiger partial charge in [0.05, 0.1) is 12.7 Å². The van der Waals surface area contributed by atoms with Gasteiger partial charge in [-0.25, -0.2) is 13.2 Å². The van der Waals surface area contributed by atoms with E-state index in [4.69, 9.17) is 0 Å². The largest absolute Gasteiger partial charge is 0.465 e. The van der Waals surface area contributed by atoms with Gasteiger partial charge < -0.3 is 9.64 Å². The number of methoxy groups -OCH3 is 1. The summed E-state index contributed by atoms with van der Waals surface area (Å²) in [6.07, 6.45) is 0. The van der Waals surface area contributed by atoms with Crippen molar-refractivity contribution in [2.75, 3.05) is 33.3 Å². The number of carbonyl (C=O) groups is 2. The van der Waals surface area contributed by atoms with Gasteiger partial charge in [0.25, 0.3) is 15.9 Å². The Balaban J connectivity index is 1.69. The number of rotatable bonds is 4. The lowest BCUT2D eigenvalue weighted by atomic mass is 10.1. The molecule has 1 aromatic heterocycles. The molecule has 0 radical (unpaired) electrons. The predicted octanol–water partition coefficient (Wildman–Crippen LogP) is 1.99. The Labute approximate surface area is 162 Å². The number of amides is 1. The summed E-state index contributed by atoms with van der Waals surface area (Å²) in [6.45, 7) is 2.95. The topological polar surface area (TPSA) is 84.0 Å². The molecule has 1 amide bonds. The molecule has 0 saturated carbocycles. The molecule has 0 bridgehead atoms. The molecular weight excluding hydrogens is 388 g/mol. The Morgan fingerprint density at radius 3 is 2.41 bits per heavy atom. The zero-order valence-corrected chi connectivity index (χ0v) is 16.7. The van der Waals surface area contributed by atoms with Gasteiger partial charge >= 0.3 is 5.97 Å². The molecule has 3 rings (SSSR count).